The number of carbonyl (C=O) groups excluding carboxylic acids is 1. The second-order valence-corrected chi connectivity index (χ2v) is 6.97. The third-order valence-corrected chi connectivity index (χ3v) is 4.83. The summed E-state index contributed by atoms with van der Waals surface area (Å²) < 4.78 is 0. The molecule has 0 aromatic carbocycles. The molecule has 0 aromatic heterocycles. The highest BCUT2D eigenvalue weighted by Gasteiger charge is 2.20. The van der Waals surface area contributed by atoms with Gasteiger partial charge in [-0.05, 0) is 36.7 Å². The number of rotatable bonds is 8. The van der Waals surface area contributed by atoms with Gasteiger partial charge in [0.15, 0.2) is 0 Å². The van der Waals surface area contributed by atoms with E-state index in [1.807, 2.05) is 6.26 Å². The van der Waals surface area contributed by atoms with Crippen LogP contribution >= 0.6 is 11.8 Å². The van der Waals surface area contributed by atoms with Crippen LogP contribution in [0.25, 0.3) is 0 Å². The lowest BCUT2D eigenvalue weighted by molar-refractivity contribution is -0.139. The second kappa shape index (κ2) is 9.92. The van der Waals surface area contributed by atoms with Gasteiger partial charge in [0.05, 0.1) is 0 Å². The van der Waals surface area contributed by atoms with Gasteiger partial charge in [0.2, 0.25) is 0 Å². The van der Waals surface area contributed by atoms with Crippen molar-refractivity contribution < 1.29 is 14.7 Å². The van der Waals surface area contributed by atoms with E-state index in [-0.39, 0.29) is 6.03 Å². The fourth-order valence-electron chi connectivity index (χ4n) is 2.71. The van der Waals surface area contributed by atoms with Gasteiger partial charge < -0.3 is 15.7 Å². The van der Waals surface area contributed by atoms with Crippen molar-refractivity contribution >= 4 is 23.8 Å². The maximum absolute atomic E-state index is 11.7. The van der Waals surface area contributed by atoms with E-state index in [0.29, 0.717) is 18.9 Å². The van der Waals surface area contributed by atoms with Gasteiger partial charge in [-0.3, -0.25) is 0 Å². The van der Waals surface area contributed by atoms with Crippen LogP contribution < -0.4 is 10.6 Å². The molecule has 21 heavy (non-hydrogen) atoms. The summed E-state index contributed by atoms with van der Waals surface area (Å²) >= 11 is 1.58. The molecule has 0 saturated heterocycles. The van der Waals surface area contributed by atoms with Crippen LogP contribution in [0.4, 0.5) is 4.79 Å². The molecule has 1 saturated carbocycles. The first-order valence-corrected chi connectivity index (χ1v) is 9.18. The Morgan fingerprint density at radius 1 is 1.29 bits per heavy atom. The highest BCUT2D eigenvalue weighted by molar-refractivity contribution is 7.98. The smallest absolute Gasteiger partial charge is 0.326 e. The molecule has 1 aliphatic carbocycles. The van der Waals surface area contributed by atoms with Crippen LogP contribution in [0.2, 0.25) is 0 Å². The first kappa shape index (κ1) is 18.1. The predicted molar refractivity (Wildman–Crippen MR) is 86.7 cm³/mol. The Labute approximate surface area is 131 Å². The number of amides is 2. The fourth-order valence-corrected chi connectivity index (χ4v) is 3.18. The van der Waals surface area contributed by atoms with Crippen LogP contribution in [0.5, 0.6) is 0 Å². The van der Waals surface area contributed by atoms with E-state index < -0.39 is 12.0 Å². The van der Waals surface area contributed by atoms with Crippen molar-refractivity contribution in [3.05, 3.63) is 0 Å². The Morgan fingerprint density at radius 2 is 1.95 bits per heavy atom. The molecule has 5 nitrogen and oxygen atoms in total. The molecule has 1 fully saturated rings. The zero-order chi connectivity index (χ0) is 15.7. The van der Waals surface area contributed by atoms with Gasteiger partial charge in [0.25, 0.3) is 0 Å². The highest BCUT2D eigenvalue weighted by Crippen LogP contribution is 2.29. The molecule has 6 heteroatoms. The highest BCUT2D eigenvalue weighted by atomic mass is 32.2. The molecule has 122 valence electrons. The van der Waals surface area contributed by atoms with Crippen LogP contribution in [0.15, 0.2) is 0 Å². The first-order valence-electron chi connectivity index (χ1n) is 7.79. The monoisotopic (exact) mass is 316 g/mol. The number of nitrogens with one attached hydrogen (secondary N) is 2. The molecule has 1 rings (SSSR count). The van der Waals surface area contributed by atoms with Crippen LogP contribution in [-0.2, 0) is 4.79 Å². The van der Waals surface area contributed by atoms with E-state index in [1.165, 1.54) is 25.7 Å². The van der Waals surface area contributed by atoms with Crippen molar-refractivity contribution in [2.75, 3.05) is 18.6 Å². The van der Waals surface area contributed by atoms with Crippen molar-refractivity contribution in [1.29, 1.82) is 0 Å². The van der Waals surface area contributed by atoms with Gasteiger partial charge in [0, 0.05) is 6.54 Å². The van der Waals surface area contributed by atoms with E-state index >= 15 is 0 Å². The predicted octanol–water partition coefficient (Wildman–Crippen LogP) is 2.71. The van der Waals surface area contributed by atoms with Crippen molar-refractivity contribution in [2.45, 2.75) is 51.5 Å². The summed E-state index contributed by atoms with van der Waals surface area (Å²) in [7, 11) is 0. The normalized spacial score (nSPS) is 23.3. The van der Waals surface area contributed by atoms with E-state index in [1.54, 1.807) is 11.8 Å². The number of aliphatic carboxylic acids is 1. The largest absolute Gasteiger partial charge is 0.480 e. The molecule has 0 radical (unpaired) electrons. The lowest BCUT2D eigenvalue weighted by Gasteiger charge is -2.26. The number of carboxylic acid groups (broad SMARTS) is 1. The van der Waals surface area contributed by atoms with E-state index in [4.69, 9.17) is 5.11 Å². The van der Waals surface area contributed by atoms with Gasteiger partial charge in [-0.2, -0.15) is 11.8 Å². The number of carbonyl (C=O) groups is 2. The van der Waals surface area contributed by atoms with E-state index in [0.717, 1.165) is 18.1 Å². The molecular formula is C15H28N2O3S. The van der Waals surface area contributed by atoms with Crippen molar-refractivity contribution in [3.63, 3.8) is 0 Å². The summed E-state index contributed by atoms with van der Waals surface area (Å²) in [6.07, 6.45) is 8.42. The number of urea groups is 1. The van der Waals surface area contributed by atoms with Crippen molar-refractivity contribution in [2.24, 2.45) is 11.8 Å². The third-order valence-electron chi connectivity index (χ3n) is 4.19. The van der Waals surface area contributed by atoms with Crippen molar-refractivity contribution in [1.82, 2.24) is 10.6 Å². The maximum Gasteiger partial charge on any atom is 0.326 e. The van der Waals surface area contributed by atoms with Gasteiger partial charge in [-0.25, -0.2) is 9.59 Å². The summed E-state index contributed by atoms with van der Waals surface area (Å²) in [5, 5.41) is 14.4. The molecule has 0 unspecified atom stereocenters. The quantitative estimate of drug-likeness (QED) is 0.643. The molecule has 2 amide bonds. The molecule has 1 atom stereocenters. The average molecular weight is 316 g/mol. The van der Waals surface area contributed by atoms with E-state index in [9.17, 15) is 9.59 Å². The van der Waals surface area contributed by atoms with Gasteiger partial charge in [0.1, 0.15) is 6.04 Å². The summed E-state index contributed by atoms with van der Waals surface area (Å²) in [5.74, 6) is 1.29. The zero-order valence-electron chi connectivity index (χ0n) is 13.1. The van der Waals surface area contributed by atoms with Crippen molar-refractivity contribution in [3.8, 4) is 0 Å². The Hall–Kier alpha value is -0.910. The number of carboxylic acids is 1. The Balaban J connectivity index is 2.18. The molecule has 0 aromatic rings. The SMILES string of the molecule is CSCC[C@H](NC(=O)NCCC1CCC(C)CC1)C(=O)O. The molecule has 0 aliphatic heterocycles. The van der Waals surface area contributed by atoms with E-state index in [2.05, 4.69) is 17.6 Å². The van der Waals surface area contributed by atoms with Gasteiger partial charge in [-0.1, -0.05) is 32.6 Å². The van der Waals surface area contributed by atoms with Gasteiger partial charge >= 0.3 is 12.0 Å². The topological polar surface area (TPSA) is 78.4 Å². The van der Waals surface area contributed by atoms with Crippen LogP contribution in [0.3, 0.4) is 0 Å². The molecule has 1 aliphatic rings. The van der Waals surface area contributed by atoms with Crippen LogP contribution in [0.1, 0.15) is 45.4 Å². The molecule has 0 spiro atoms. The third kappa shape index (κ3) is 7.60. The Kier molecular flexibility index (Phi) is 8.57. The standard InChI is InChI=1S/C15H28N2O3S/c1-11-3-5-12(6-4-11)7-9-16-15(20)17-13(14(18)19)8-10-21-2/h11-13H,3-10H2,1-2H3,(H,18,19)(H2,16,17,20)/t11?,12?,13-/m0/s1. The summed E-state index contributed by atoms with van der Waals surface area (Å²) in [6.45, 7) is 2.92. The first-order chi connectivity index (χ1) is 10.0. The summed E-state index contributed by atoms with van der Waals surface area (Å²) in [6, 6.07) is -1.17. The molecule has 0 heterocycles. The maximum atomic E-state index is 11.7. The van der Waals surface area contributed by atoms with Gasteiger partial charge in [-0.15, -0.1) is 0 Å². The Morgan fingerprint density at radius 3 is 2.52 bits per heavy atom. The molecular weight excluding hydrogens is 288 g/mol. The minimum absolute atomic E-state index is 0.368. The number of thioether (sulfide) groups is 1. The number of hydrogen-bond donors (Lipinski definition) is 3. The van der Waals surface area contributed by atoms with Crippen LogP contribution in [0, 0.1) is 11.8 Å². The Bertz CT molecular complexity index is 331. The average Bonchev–Trinajstić information content (AvgIpc) is 2.45. The minimum Gasteiger partial charge on any atom is -0.480 e. The summed E-state index contributed by atoms with van der Waals surface area (Å²) in [5.41, 5.74) is 0. The number of hydrogen-bond acceptors (Lipinski definition) is 3. The molecule has 0 bridgehead atoms. The summed E-state index contributed by atoms with van der Waals surface area (Å²) in [4.78, 5) is 22.8. The van der Waals surface area contributed by atoms with Crippen LogP contribution in [-0.4, -0.2) is 41.7 Å². The molecule has 3 N–H and O–H groups in total. The second-order valence-electron chi connectivity index (χ2n) is 5.99. The lowest BCUT2D eigenvalue weighted by Crippen LogP contribution is -2.46. The lowest BCUT2D eigenvalue weighted by atomic mass is 9.81. The fraction of sp³-hybridized carbons (Fsp3) is 0.867. The zero-order valence-corrected chi connectivity index (χ0v) is 13.9. The minimum atomic E-state index is -0.972.